The lowest BCUT2D eigenvalue weighted by atomic mass is 9.99. The molecule has 0 radical (unpaired) electrons. The van der Waals surface area contributed by atoms with Crippen molar-refractivity contribution < 1.29 is 38.7 Å². The fourth-order valence-electron chi connectivity index (χ4n) is 2.24. The van der Waals surface area contributed by atoms with Crippen LogP contribution < -0.4 is 0 Å². The Morgan fingerprint density at radius 1 is 1.04 bits per heavy atom. The van der Waals surface area contributed by atoms with Crippen molar-refractivity contribution in [2.75, 3.05) is 13.7 Å². The largest absolute Gasteiger partial charge is 0.463 e. The quantitative estimate of drug-likeness (QED) is 0.603. The predicted octanol–water partition coefficient (Wildman–Crippen LogP) is 0.135. The zero-order valence-corrected chi connectivity index (χ0v) is 13.8. The van der Waals surface area contributed by atoms with Gasteiger partial charge in [-0.05, 0) is 12.8 Å². The van der Waals surface area contributed by atoms with Crippen LogP contribution in [0.3, 0.4) is 0 Å². The number of esters is 2. The molecule has 1 heterocycles. The maximum atomic E-state index is 11.6. The van der Waals surface area contributed by atoms with Gasteiger partial charge in [-0.25, -0.2) is 0 Å². The third-order valence-electron chi connectivity index (χ3n) is 3.46. The van der Waals surface area contributed by atoms with Gasteiger partial charge in [-0.3, -0.25) is 9.59 Å². The molecule has 1 saturated heterocycles. The van der Waals surface area contributed by atoms with Crippen LogP contribution in [0.4, 0.5) is 0 Å². The van der Waals surface area contributed by atoms with Crippen molar-refractivity contribution in [3.8, 4) is 0 Å². The smallest absolute Gasteiger partial charge is 0.306 e. The number of aliphatic hydroxyl groups is 2. The molecule has 1 aliphatic rings. The Bertz CT molecular complexity index is 386. The molecule has 0 bridgehead atoms. The molecule has 0 unspecified atom stereocenters. The molecule has 0 aliphatic carbocycles. The highest BCUT2D eigenvalue weighted by Crippen LogP contribution is 2.25. The summed E-state index contributed by atoms with van der Waals surface area (Å²) in [6, 6.07) is 0. The molecule has 0 aromatic carbocycles. The number of hydrogen-bond acceptors (Lipinski definition) is 8. The Balaban J connectivity index is 2.71. The van der Waals surface area contributed by atoms with Crippen LogP contribution in [-0.4, -0.2) is 66.6 Å². The molecule has 8 nitrogen and oxygen atoms in total. The van der Waals surface area contributed by atoms with Gasteiger partial charge >= 0.3 is 11.9 Å². The minimum absolute atomic E-state index is 0.171. The summed E-state index contributed by atoms with van der Waals surface area (Å²) in [6.07, 6.45) is -4.26. The molecule has 1 aliphatic heterocycles. The van der Waals surface area contributed by atoms with E-state index >= 15 is 0 Å². The van der Waals surface area contributed by atoms with E-state index < -0.39 is 42.6 Å². The second-order valence-electron chi connectivity index (χ2n) is 5.40. The van der Waals surface area contributed by atoms with Gasteiger partial charge in [0.05, 0.1) is 0 Å². The van der Waals surface area contributed by atoms with Crippen molar-refractivity contribution in [1.82, 2.24) is 0 Å². The summed E-state index contributed by atoms with van der Waals surface area (Å²) in [5, 5.41) is 20.4. The maximum absolute atomic E-state index is 11.6. The lowest BCUT2D eigenvalue weighted by molar-refractivity contribution is -0.297. The van der Waals surface area contributed by atoms with E-state index in [-0.39, 0.29) is 19.4 Å². The molecule has 0 spiro atoms. The lowest BCUT2D eigenvalue weighted by Crippen LogP contribution is -2.60. The fourth-order valence-corrected chi connectivity index (χ4v) is 2.24. The Hall–Kier alpha value is -1.22. The topological polar surface area (TPSA) is 112 Å². The third kappa shape index (κ3) is 5.72. The van der Waals surface area contributed by atoms with Gasteiger partial charge in [0, 0.05) is 20.0 Å². The Kier molecular flexibility index (Phi) is 8.46. The Labute approximate surface area is 135 Å². The summed E-state index contributed by atoms with van der Waals surface area (Å²) in [5.74, 6) is -0.947. The number of ether oxygens (including phenoxy) is 4. The van der Waals surface area contributed by atoms with Gasteiger partial charge in [0.15, 0.2) is 12.4 Å². The number of carbonyl (C=O) groups is 2. The number of rotatable bonds is 8. The van der Waals surface area contributed by atoms with Crippen LogP contribution in [0.1, 0.15) is 39.5 Å². The predicted molar refractivity (Wildman–Crippen MR) is 78.3 cm³/mol. The van der Waals surface area contributed by atoms with Crippen molar-refractivity contribution in [2.45, 2.75) is 70.2 Å². The van der Waals surface area contributed by atoms with Crippen LogP contribution in [-0.2, 0) is 28.5 Å². The van der Waals surface area contributed by atoms with Gasteiger partial charge in [-0.2, -0.15) is 0 Å². The van der Waals surface area contributed by atoms with Crippen LogP contribution in [0.25, 0.3) is 0 Å². The molecule has 0 saturated carbocycles. The monoisotopic (exact) mass is 334 g/mol. The molecule has 1 fully saturated rings. The third-order valence-corrected chi connectivity index (χ3v) is 3.46. The van der Waals surface area contributed by atoms with E-state index in [0.717, 1.165) is 0 Å². The van der Waals surface area contributed by atoms with Crippen molar-refractivity contribution in [3.05, 3.63) is 0 Å². The van der Waals surface area contributed by atoms with E-state index in [0.29, 0.717) is 12.8 Å². The van der Waals surface area contributed by atoms with Crippen LogP contribution >= 0.6 is 0 Å². The first kappa shape index (κ1) is 19.8. The van der Waals surface area contributed by atoms with E-state index in [1.54, 1.807) is 0 Å². The Morgan fingerprint density at radius 2 is 1.65 bits per heavy atom. The van der Waals surface area contributed by atoms with Crippen LogP contribution in [0.2, 0.25) is 0 Å². The minimum atomic E-state index is -1.33. The van der Waals surface area contributed by atoms with Crippen LogP contribution in [0.15, 0.2) is 0 Å². The molecule has 1 rings (SSSR count). The summed E-state index contributed by atoms with van der Waals surface area (Å²) in [6.45, 7) is 3.44. The first-order valence-corrected chi connectivity index (χ1v) is 7.84. The van der Waals surface area contributed by atoms with E-state index in [1.807, 2.05) is 13.8 Å². The molecule has 0 amide bonds. The highest BCUT2D eigenvalue weighted by molar-refractivity contribution is 5.69. The van der Waals surface area contributed by atoms with E-state index in [9.17, 15) is 19.8 Å². The first-order chi connectivity index (χ1) is 10.9. The number of aliphatic hydroxyl groups excluding tert-OH is 2. The normalized spacial score (nSPS) is 30.7. The molecule has 8 heteroatoms. The summed E-state index contributed by atoms with van der Waals surface area (Å²) in [4.78, 5) is 23.1. The summed E-state index contributed by atoms with van der Waals surface area (Å²) in [7, 11) is 1.32. The van der Waals surface area contributed by atoms with Crippen LogP contribution in [0, 0.1) is 0 Å². The van der Waals surface area contributed by atoms with E-state index in [4.69, 9.17) is 18.9 Å². The molecule has 134 valence electrons. The Morgan fingerprint density at radius 3 is 2.22 bits per heavy atom. The zero-order chi connectivity index (χ0) is 17.4. The van der Waals surface area contributed by atoms with Gasteiger partial charge in [-0.15, -0.1) is 0 Å². The van der Waals surface area contributed by atoms with Crippen molar-refractivity contribution in [1.29, 1.82) is 0 Å². The SMILES string of the molecule is CCCC(=O)OC[C@H]1O[C@H](OC)[C@H](O)[C@@H](OC(=O)CCC)[C@H]1O. The van der Waals surface area contributed by atoms with Crippen LogP contribution in [0.5, 0.6) is 0 Å². The van der Waals surface area contributed by atoms with Crippen molar-refractivity contribution in [3.63, 3.8) is 0 Å². The van der Waals surface area contributed by atoms with Gasteiger partial charge in [0.2, 0.25) is 0 Å². The minimum Gasteiger partial charge on any atom is -0.463 e. The molecule has 23 heavy (non-hydrogen) atoms. The molecule has 5 atom stereocenters. The van der Waals surface area contributed by atoms with Gasteiger partial charge in [0.25, 0.3) is 0 Å². The molecule has 0 aromatic rings. The second-order valence-corrected chi connectivity index (χ2v) is 5.40. The average Bonchev–Trinajstić information content (AvgIpc) is 2.51. The molecule has 2 N–H and O–H groups in total. The van der Waals surface area contributed by atoms with Gasteiger partial charge in [0.1, 0.15) is 24.9 Å². The maximum Gasteiger partial charge on any atom is 0.306 e. The lowest BCUT2D eigenvalue weighted by Gasteiger charge is -2.41. The summed E-state index contributed by atoms with van der Waals surface area (Å²) < 4.78 is 20.5. The highest BCUT2D eigenvalue weighted by atomic mass is 16.7. The van der Waals surface area contributed by atoms with Crippen molar-refractivity contribution in [2.24, 2.45) is 0 Å². The van der Waals surface area contributed by atoms with E-state index in [2.05, 4.69) is 0 Å². The molecular weight excluding hydrogens is 308 g/mol. The zero-order valence-electron chi connectivity index (χ0n) is 13.8. The summed E-state index contributed by atoms with van der Waals surface area (Å²) >= 11 is 0. The average molecular weight is 334 g/mol. The number of methoxy groups -OCH3 is 1. The standard InChI is InChI=1S/C15H26O8/c1-4-6-10(16)21-8-9-12(18)14(23-11(17)7-5-2)13(19)15(20-3)22-9/h9,12-15,18-19H,4-8H2,1-3H3/t9-,12+,13-,14+,15+/m1/s1. The molecule has 0 aromatic heterocycles. The summed E-state index contributed by atoms with van der Waals surface area (Å²) in [5.41, 5.74) is 0. The second kappa shape index (κ2) is 9.82. The number of hydrogen-bond donors (Lipinski definition) is 2. The van der Waals surface area contributed by atoms with Crippen molar-refractivity contribution >= 4 is 11.9 Å². The highest BCUT2D eigenvalue weighted by Gasteiger charge is 2.47. The van der Waals surface area contributed by atoms with E-state index in [1.165, 1.54) is 7.11 Å². The first-order valence-electron chi connectivity index (χ1n) is 7.84. The van der Waals surface area contributed by atoms with Gasteiger partial charge < -0.3 is 29.2 Å². The molecular formula is C15H26O8. The van der Waals surface area contributed by atoms with Gasteiger partial charge in [-0.1, -0.05) is 13.8 Å². The number of carbonyl (C=O) groups excluding carboxylic acids is 2. The fraction of sp³-hybridized carbons (Fsp3) is 0.867.